The van der Waals surface area contributed by atoms with Crippen molar-refractivity contribution in [2.24, 2.45) is 0 Å². The van der Waals surface area contributed by atoms with Gasteiger partial charge in [-0.1, -0.05) is 0 Å². The summed E-state index contributed by atoms with van der Waals surface area (Å²) < 4.78 is 12.0. The average Bonchev–Trinajstić information content (AvgIpc) is 2.12. The van der Waals surface area contributed by atoms with Gasteiger partial charge in [0.25, 0.3) is 0 Å². The van der Waals surface area contributed by atoms with Crippen molar-refractivity contribution in [1.82, 2.24) is 0 Å². The molecule has 6 N–H and O–H groups in total. The number of hydrogen-bond acceptors (Lipinski definition) is 6. The molecule has 6 nitrogen and oxygen atoms in total. The second-order valence-corrected chi connectivity index (χ2v) is 2.59. The van der Waals surface area contributed by atoms with Gasteiger partial charge < -0.3 is 30.6 Å². The fraction of sp³-hybridized carbons (Fsp3) is 1.00. The molecule has 0 bridgehead atoms. The van der Waals surface area contributed by atoms with Gasteiger partial charge in [-0.05, 0) is 0 Å². The van der Waals surface area contributed by atoms with Gasteiger partial charge in [-0.25, -0.2) is 4.39 Å². The Labute approximate surface area is 73.5 Å². The molecule has 0 aromatic carbocycles. The highest BCUT2D eigenvalue weighted by Crippen LogP contribution is 2.08. The van der Waals surface area contributed by atoms with E-state index in [0.717, 1.165) is 0 Å². The van der Waals surface area contributed by atoms with Crippen LogP contribution in [-0.2, 0) is 0 Å². The molecule has 0 aromatic heterocycles. The van der Waals surface area contributed by atoms with Crippen molar-refractivity contribution in [3.63, 3.8) is 0 Å². The molecule has 0 saturated carbocycles. The first-order chi connectivity index (χ1) is 5.91. The molecule has 0 radical (unpaired) electrons. The molecule has 80 valence electrons. The third-order valence-corrected chi connectivity index (χ3v) is 1.56. The van der Waals surface area contributed by atoms with Gasteiger partial charge in [0.15, 0.2) is 0 Å². The van der Waals surface area contributed by atoms with Crippen LogP contribution in [0, 0.1) is 0 Å². The van der Waals surface area contributed by atoms with E-state index in [1.807, 2.05) is 0 Å². The molecule has 0 rings (SSSR count). The highest BCUT2D eigenvalue weighted by Gasteiger charge is 2.33. The minimum atomic E-state index is -2.73. The van der Waals surface area contributed by atoms with Crippen LogP contribution < -0.4 is 0 Å². The molecule has 1 unspecified atom stereocenters. The molecular formula is C6H13FO6. The van der Waals surface area contributed by atoms with E-state index in [1.54, 1.807) is 0 Å². The van der Waals surface area contributed by atoms with Crippen molar-refractivity contribution < 1.29 is 35.0 Å². The summed E-state index contributed by atoms with van der Waals surface area (Å²) in [5.41, 5.74) is 0. The summed E-state index contributed by atoms with van der Waals surface area (Å²) in [6, 6.07) is 0. The second kappa shape index (κ2) is 5.43. The monoisotopic (exact) mass is 200 g/mol. The average molecular weight is 200 g/mol. The van der Waals surface area contributed by atoms with Crippen molar-refractivity contribution in [2.45, 2.75) is 30.8 Å². The summed E-state index contributed by atoms with van der Waals surface area (Å²) in [5.74, 6) is 0. The topological polar surface area (TPSA) is 121 Å². The van der Waals surface area contributed by atoms with Crippen LogP contribution in [0.1, 0.15) is 0 Å². The summed E-state index contributed by atoms with van der Waals surface area (Å²) >= 11 is 0. The van der Waals surface area contributed by atoms with E-state index in [4.69, 9.17) is 30.6 Å². The lowest BCUT2D eigenvalue weighted by Crippen LogP contribution is -2.49. The first-order valence-electron chi connectivity index (χ1n) is 3.57. The van der Waals surface area contributed by atoms with E-state index in [9.17, 15) is 4.39 Å². The number of halogens is 1. The Bertz CT molecular complexity index is 143. The Morgan fingerprint density at radius 1 is 0.846 bits per heavy atom. The first-order valence-corrected chi connectivity index (χ1v) is 3.57. The molecule has 0 aliphatic rings. The zero-order valence-corrected chi connectivity index (χ0v) is 6.66. The molecule has 0 heterocycles. The minimum absolute atomic E-state index is 0.854. The fourth-order valence-electron chi connectivity index (χ4n) is 0.700. The minimum Gasteiger partial charge on any atom is -0.394 e. The van der Waals surface area contributed by atoms with E-state index in [2.05, 4.69) is 0 Å². The van der Waals surface area contributed by atoms with Crippen molar-refractivity contribution in [1.29, 1.82) is 0 Å². The number of rotatable bonds is 5. The molecule has 13 heavy (non-hydrogen) atoms. The predicted molar refractivity (Wildman–Crippen MR) is 38.2 cm³/mol. The van der Waals surface area contributed by atoms with E-state index in [-0.39, 0.29) is 0 Å². The maximum Gasteiger partial charge on any atom is 0.225 e. The van der Waals surface area contributed by atoms with Gasteiger partial charge >= 0.3 is 0 Å². The van der Waals surface area contributed by atoms with Gasteiger partial charge in [-0.2, -0.15) is 0 Å². The lowest BCUT2D eigenvalue weighted by Gasteiger charge is -2.25. The van der Waals surface area contributed by atoms with Crippen LogP contribution in [0.3, 0.4) is 0 Å². The Morgan fingerprint density at radius 2 is 1.31 bits per heavy atom. The maximum atomic E-state index is 12.0. The van der Waals surface area contributed by atoms with Crippen molar-refractivity contribution in [2.75, 3.05) is 6.61 Å². The summed E-state index contributed by atoms with van der Waals surface area (Å²) in [6.45, 7) is -0.854. The third kappa shape index (κ3) is 3.51. The van der Waals surface area contributed by atoms with Gasteiger partial charge in [0.05, 0.1) is 6.61 Å². The number of hydrogen-bond donors (Lipinski definition) is 6. The smallest absolute Gasteiger partial charge is 0.225 e. The molecule has 5 atom stereocenters. The first kappa shape index (κ1) is 12.7. The SMILES string of the molecule is OC[C@H](O)[C@@H](O)[C@H](O)[C@H](O)C(O)F. The predicted octanol–water partition coefficient (Wildman–Crippen LogP) is -3.29. The number of alkyl halides is 1. The van der Waals surface area contributed by atoms with Crippen LogP contribution in [-0.4, -0.2) is 68.0 Å². The van der Waals surface area contributed by atoms with Crippen molar-refractivity contribution >= 4 is 0 Å². The highest BCUT2D eigenvalue weighted by molar-refractivity contribution is 4.81. The van der Waals surface area contributed by atoms with Crippen LogP contribution in [0.5, 0.6) is 0 Å². The van der Waals surface area contributed by atoms with Crippen molar-refractivity contribution in [3.8, 4) is 0 Å². The maximum absolute atomic E-state index is 12.0. The van der Waals surface area contributed by atoms with Crippen LogP contribution >= 0.6 is 0 Å². The van der Waals surface area contributed by atoms with Gasteiger partial charge in [0, 0.05) is 0 Å². The van der Waals surface area contributed by atoms with Gasteiger partial charge in [0.2, 0.25) is 6.36 Å². The molecule has 0 saturated heterocycles. The number of aliphatic hydroxyl groups is 6. The van der Waals surface area contributed by atoms with E-state index in [0.29, 0.717) is 0 Å². The normalized spacial score (nSPS) is 23.3. The molecule has 0 spiro atoms. The van der Waals surface area contributed by atoms with Crippen LogP contribution in [0.15, 0.2) is 0 Å². The lowest BCUT2D eigenvalue weighted by atomic mass is 10.0. The fourth-order valence-corrected chi connectivity index (χ4v) is 0.700. The Kier molecular flexibility index (Phi) is 5.30. The highest BCUT2D eigenvalue weighted by atomic mass is 19.1. The summed E-state index contributed by atoms with van der Waals surface area (Å²) in [4.78, 5) is 0. The Balaban J connectivity index is 4.15. The molecule has 0 aliphatic heterocycles. The van der Waals surface area contributed by atoms with Crippen molar-refractivity contribution in [3.05, 3.63) is 0 Å². The Hall–Kier alpha value is -0.310. The van der Waals surface area contributed by atoms with Crippen LogP contribution in [0.25, 0.3) is 0 Å². The molecule has 7 heteroatoms. The largest absolute Gasteiger partial charge is 0.394 e. The summed E-state index contributed by atoms with van der Waals surface area (Å²) in [7, 11) is 0. The van der Waals surface area contributed by atoms with Crippen LogP contribution in [0.4, 0.5) is 4.39 Å². The zero-order valence-electron chi connectivity index (χ0n) is 6.66. The third-order valence-electron chi connectivity index (χ3n) is 1.56. The van der Waals surface area contributed by atoms with E-state index >= 15 is 0 Å². The quantitative estimate of drug-likeness (QED) is 0.276. The summed E-state index contributed by atoms with van der Waals surface area (Å²) in [6.07, 6.45) is -10.7. The van der Waals surface area contributed by atoms with Gasteiger partial charge in [0.1, 0.15) is 24.4 Å². The standard InChI is InChI=1S/C6H13FO6/c7-6(13)5(12)4(11)3(10)2(9)1-8/h2-6,8-13H,1H2/t2-,3+,4-,5-,6?/m0/s1. The molecule has 0 amide bonds. The molecule has 0 fully saturated rings. The number of aliphatic hydroxyl groups excluding tert-OH is 6. The summed E-state index contributed by atoms with van der Waals surface area (Å²) in [5, 5.41) is 51.7. The van der Waals surface area contributed by atoms with E-state index < -0.39 is 37.4 Å². The Morgan fingerprint density at radius 3 is 1.62 bits per heavy atom. The zero-order chi connectivity index (χ0) is 10.6. The van der Waals surface area contributed by atoms with E-state index in [1.165, 1.54) is 0 Å². The lowest BCUT2D eigenvalue weighted by molar-refractivity contribution is -0.165. The van der Waals surface area contributed by atoms with Gasteiger partial charge in [-0.15, -0.1) is 0 Å². The molecular weight excluding hydrogens is 187 g/mol. The van der Waals surface area contributed by atoms with Gasteiger partial charge in [-0.3, -0.25) is 0 Å². The second-order valence-electron chi connectivity index (χ2n) is 2.59. The molecule has 0 aromatic rings. The molecule has 0 aliphatic carbocycles. The van der Waals surface area contributed by atoms with Crippen LogP contribution in [0.2, 0.25) is 0 Å².